The Morgan fingerprint density at radius 2 is 2.18 bits per heavy atom. The molecule has 0 aromatic heterocycles. The Labute approximate surface area is 128 Å². The van der Waals surface area contributed by atoms with Crippen molar-refractivity contribution in [1.82, 2.24) is 4.90 Å². The van der Waals surface area contributed by atoms with Gasteiger partial charge in [-0.2, -0.15) is 0 Å². The molecule has 2 N–H and O–H groups in total. The van der Waals surface area contributed by atoms with Crippen molar-refractivity contribution in [3.05, 3.63) is 35.6 Å². The van der Waals surface area contributed by atoms with Gasteiger partial charge in [-0.25, -0.2) is 4.39 Å². The summed E-state index contributed by atoms with van der Waals surface area (Å²) in [5, 5.41) is 19.1. The van der Waals surface area contributed by atoms with Gasteiger partial charge in [0.05, 0.1) is 18.4 Å². The van der Waals surface area contributed by atoms with E-state index in [2.05, 4.69) is 0 Å². The monoisotopic (exact) mass is 309 g/mol. The molecule has 120 valence electrons. The number of carboxylic acids is 1. The van der Waals surface area contributed by atoms with Crippen molar-refractivity contribution in [2.24, 2.45) is 11.8 Å². The second kappa shape index (κ2) is 6.87. The van der Waals surface area contributed by atoms with Crippen molar-refractivity contribution < 1.29 is 24.2 Å². The molecule has 0 radical (unpaired) electrons. The average Bonchev–Trinajstić information content (AvgIpc) is 2.46. The molecule has 1 heterocycles. The van der Waals surface area contributed by atoms with Crippen molar-refractivity contribution in [2.45, 2.75) is 25.9 Å². The summed E-state index contributed by atoms with van der Waals surface area (Å²) in [6.07, 6.45) is -0.776. The fourth-order valence-corrected chi connectivity index (χ4v) is 2.87. The average molecular weight is 309 g/mol. The Hall–Kier alpha value is -1.95. The molecule has 2 rings (SSSR count). The number of amides is 1. The van der Waals surface area contributed by atoms with Gasteiger partial charge in [-0.1, -0.05) is 19.1 Å². The van der Waals surface area contributed by atoms with Gasteiger partial charge in [-0.3, -0.25) is 9.59 Å². The molecule has 1 aliphatic rings. The molecule has 5 nitrogen and oxygen atoms in total. The highest BCUT2D eigenvalue weighted by Crippen LogP contribution is 2.25. The van der Waals surface area contributed by atoms with Gasteiger partial charge in [0.2, 0.25) is 5.91 Å². The number of nitrogens with zero attached hydrogens (tertiary/aromatic N) is 1. The summed E-state index contributed by atoms with van der Waals surface area (Å²) < 4.78 is 13.1. The van der Waals surface area contributed by atoms with Crippen molar-refractivity contribution >= 4 is 11.9 Å². The standard InChI is InChI=1S/C16H20FNO4/c1-10-9-18(6-5-13(10)16(21)22)15(20)8-14(19)11-3-2-4-12(17)7-11/h2-4,7,10,13-14,19H,5-6,8-9H2,1H3,(H,21,22). The lowest BCUT2D eigenvalue weighted by Gasteiger charge is -2.35. The highest BCUT2D eigenvalue weighted by molar-refractivity contribution is 5.77. The number of hydrogen-bond acceptors (Lipinski definition) is 3. The molecule has 1 amide bonds. The van der Waals surface area contributed by atoms with Crippen LogP contribution in [0.2, 0.25) is 0 Å². The van der Waals surface area contributed by atoms with Crippen molar-refractivity contribution in [3.8, 4) is 0 Å². The number of carbonyl (C=O) groups is 2. The predicted octanol–water partition coefficient (Wildman–Crippen LogP) is 1.82. The molecular weight excluding hydrogens is 289 g/mol. The van der Waals surface area contributed by atoms with Gasteiger partial charge in [0.1, 0.15) is 5.82 Å². The number of carbonyl (C=O) groups excluding carboxylic acids is 1. The molecule has 3 unspecified atom stereocenters. The Balaban J connectivity index is 1.94. The zero-order valence-electron chi connectivity index (χ0n) is 12.4. The van der Waals surface area contributed by atoms with E-state index in [4.69, 9.17) is 5.11 Å². The van der Waals surface area contributed by atoms with Crippen LogP contribution >= 0.6 is 0 Å². The number of likely N-dealkylation sites (tertiary alicyclic amines) is 1. The van der Waals surface area contributed by atoms with E-state index in [1.54, 1.807) is 17.9 Å². The van der Waals surface area contributed by atoms with Crippen LogP contribution < -0.4 is 0 Å². The molecule has 0 spiro atoms. The highest BCUT2D eigenvalue weighted by atomic mass is 19.1. The summed E-state index contributed by atoms with van der Waals surface area (Å²) in [4.78, 5) is 24.8. The third-order valence-corrected chi connectivity index (χ3v) is 4.18. The first-order valence-corrected chi connectivity index (χ1v) is 7.32. The molecule has 1 aromatic carbocycles. The molecule has 0 saturated carbocycles. The van der Waals surface area contributed by atoms with Gasteiger partial charge in [-0.15, -0.1) is 0 Å². The van der Waals surface area contributed by atoms with Crippen LogP contribution in [-0.4, -0.2) is 40.1 Å². The number of carboxylic acid groups (broad SMARTS) is 1. The minimum Gasteiger partial charge on any atom is -0.481 e. The maximum Gasteiger partial charge on any atom is 0.306 e. The maximum absolute atomic E-state index is 13.1. The van der Waals surface area contributed by atoms with Gasteiger partial charge in [-0.05, 0) is 30.0 Å². The van der Waals surface area contributed by atoms with Crippen LogP contribution in [0.1, 0.15) is 31.4 Å². The first-order valence-electron chi connectivity index (χ1n) is 7.32. The molecule has 1 aromatic rings. The largest absolute Gasteiger partial charge is 0.481 e. The molecule has 0 aliphatic carbocycles. The smallest absolute Gasteiger partial charge is 0.306 e. The summed E-state index contributed by atoms with van der Waals surface area (Å²) in [6.45, 7) is 2.54. The Kier molecular flexibility index (Phi) is 5.13. The quantitative estimate of drug-likeness (QED) is 0.889. The molecule has 1 fully saturated rings. The SMILES string of the molecule is CC1CN(C(=O)CC(O)c2cccc(F)c2)CCC1C(=O)O. The third kappa shape index (κ3) is 3.82. The molecule has 6 heteroatoms. The second-order valence-corrected chi connectivity index (χ2v) is 5.83. The number of benzene rings is 1. The van der Waals surface area contributed by atoms with Gasteiger partial charge >= 0.3 is 5.97 Å². The third-order valence-electron chi connectivity index (χ3n) is 4.18. The summed E-state index contributed by atoms with van der Waals surface area (Å²) in [5.41, 5.74) is 0.363. The fourth-order valence-electron chi connectivity index (χ4n) is 2.87. The van der Waals surface area contributed by atoms with E-state index in [1.807, 2.05) is 0 Å². The van der Waals surface area contributed by atoms with E-state index in [0.717, 1.165) is 0 Å². The van der Waals surface area contributed by atoms with Crippen LogP contribution in [-0.2, 0) is 9.59 Å². The predicted molar refractivity (Wildman–Crippen MR) is 77.5 cm³/mol. The zero-order valence-corrected chi connectivity index (χ0v) is 12.4. The number of hydrogen-bond donors (Lipinski definition) is 2. The Bertz CT molecular complexity index is 563. The first-order chi connectivity index (χ1) is 10.4. The normalized spacial score (nSPS) is 23.1. The molecule has 1 saturated heterocycles. The van der Waals surface area contributed by atoms with E-state index in [-0.39, 0.29) is 18.2 Å². The van der Waals surface area contributed by atoms with E-state index in [9.17, 15) is 19.1 Å². The summed E-state index contributed by atoms with van der Waals surface area (Å²) in [5.74, 6) is -2.09. The summed E-state index contributed by atoms with van der Waals surface area (Å²) in [6, 6.07) is 5.53. The topological polar surface area (TPSA) is 77.8 Å². The minimum atomic E-state index is -1.06. The number of rotatable bonds is 4. The lowest BCUT2D eigenvalue weighted by atomic mass is 9.87. The first kappa shape index (κ1) is 16.4. The van der Waals surface area contributed by atoms with Crippen LogP contribution in [0, 0.1) is 17.7 Å². The Morgan fingerprint density at radius 1 is 1.45 bits per heavy atom. The lowest BCUT2D eigenvalue weighted by molar-refractivity contribution is -0.148. The highest BCUT2D eigenvalue weighted by Gasteiger charge is 2.33. The maximum atomic E-state index is 13.1. The van der Waals surface area contributed by atoms with Gasteiger partial charge < -0.3 is 15.1 Å². The molecule has 22 heavy (non-hydrogen) atoms. The van der Waals surface area contributed by atoms with Crippen molar-refractivity contribution in [1.29, 1.82) is 0 Å². The number of piperidine rings is 1. The van der Waals surface area contributed by atoms with E-state index >= 15 is 0 Å². The fraction of sp³-hybridized carbons (Fsp3) is 0.500. The van der Waals surface area contributed by atoms with Crippen molar-refractivity contribution in [2.75, 3.05) is 13.1 Å². The number of aliphatic carboxylic acids is 1. The van der Waals surface area contributed by atoms with Gasteiger partial charge in [0.15, 0.2) is 0 Å². The van der Waals surface area contributed by atoms with E-state index in [1.165, 1.54) is 18.2 Å². The van der Waals surface area contributed by atoms with Gasteiger partial charge in [0.25, 0.3) is 0 Å². The molecule has 3 atom stereocenters. The van der Waals surface area contributed by atoms with Crippen LogP contribution in [0.3, 0.4) is 0 Å². The second-order valence-electron chi connectivity index (χ2n) is 5.83. The van der Waals surface area contributed by atoms with Crippen molar-refractivity contribution in [3.63, 3.8) is 0 Å². The molecule has 0 bridgehead atoms. The zero-order chi connectivity index (χ0) is 16.3. The number of aliphatic hydroxyl groups excluding tert-OH is 1. The van der Waals surface area contributed by atoms with Crippen LogP contribution in [0.25, 0.3) is 0 Å². The van der Waals surface area contributed by atoms with Crippen LogP contribution in [0.15, 0.2) is 24.3 Å². The number of aliphatic hydroxyl groups is 1. The summed E-state index contributed by atoms with van der Waals surface area (Å²) >= 11 is 0. The lowest BCUT2D eigenvalue weighted by Crippen LogP contribution is -2.45. The van der Waals surface area contributed by atoms with Gasteiger partial charge in [0, 0.05) is 13.1 Å². The van der Waals surface area contributed by atoms with E-state index < -0.39 is 23.8 Å². The molecular formula is C16H20FNO4. The molecule has 1 aliphatic heterocycles. The number of halogens is 1. The summed E-state index contributed by atoms with van der Waals surface area (Å²) in [7, 11) is 0. The van der Waals surface area contributed by atoms with Crippen LogP contribution in [0.5, 0.6) is 0 Å². The Morgan fingerprint density at radius 3 is 2.77 bits per heavy atom. The van der Waals surface area contributed by atoms with Crippen LogP contribution in [0.4, 0.5) is 4.39 Å². The van der Waals surface area contributed by atoms with E-state index in [0.29, 0.717) is 25.1 Å². The minimum absolute atomic E-state index is 0.124.